The number of urea groups is 1. The van der Waals surface area contributed by atoms with Gasteiger partial charge < -0.3 is 14.5 Å². The summed E-state index contributed by atoms with van der Waals surface area (Å²) in [5.74, 6) is 0.783. The monoisotopic (exact) mass is 404 g/mol. The highest BCUT2D eigenvalue weighted by Gasteiger charge is 2.20. The SMILES string of the molecule is COc1ccc(CN(Cc2cc3cc(C)ccc3n3nnnc23)C(=O)N(C)C)cc1. The maximum Gasteiger partial charge on any atom is 0.320 e. The van der Waals surface area contributed by atoms with Crippen molar-refractivity contribution in [2.75, 3.05) is 21.2 Å². The van der Waals surface area contributed by atoms with E-state index in [-0.39, 0.29) is 6.03 Å². The van der Waals surface area contributed by atoms with Gasteiger partial charge in [-0.2, -0.15) is 4.52 Å². The van der Waals surface area contributed by atoms with Gasteiger partial charge >= 0.3 is 6.03 Å². The zero-order valence-corrected chi connectivity index (χ0v) is 17.5. The van der Waals surface area contributed by atoms with Crippen molar-refractivity contribution < 1.29 is 9.53 Å². The first kappa shape index (κ1) is 19.6. The number of aromatic nitrogens is 4. The molecular formula is C22H24N6O2. The van der Waals surface area contributed by atoms with Gasteiger partial charge in [0.25, 0.3) is 0 Å². The van der Waals surface area contributed by atoms with Gasteiger partial charge in [0.05, 0.1) is 19.2 Å². The minimum absolute atomic E-state index is 0.0826. The third-order valence-corrected chi connectivity index (χ3v) is 5.04. The van der Waals surface area contributed by atoms with Crippen molar-refractivity contribution in [3.63, 3.8) is 0 Å². The smallest absolute Gasteiger partial charge is 0.320 e. The molecular weight excluding hydrogens is 380 g/mol. The molecule has 0 aliphatic rings. The van der Waals surface area contributed by atoms with Crippen LogP contribution in [0.4, 0.5) is 4.79 Å². The van der Waals surface area contributed by atoms with Gasteiger partial charge in [-0.3, -0.25) is 0 Å². The minimum atomic E-state index is -0.0826. The molecule has 0 radical (unpaired) electrons. The fraction of sp³-hybridized carbons (Fsp3) is 0.273. The number of hydrogen-bond donors (Lipinski definition) is 0. The van der Waals surface area contributed by atoms with E-state index in [0.29, 0.717) is 18.7 Å². The fourth-order valence-electron chi connectivity index (χ4n) is 3.53. The highest BCUT2D eigenvalue weighted by atomic mass is 16.5. The lowest BCUT2D eigenvalue weighted by Gasteiger charge is -2.26. The van der Waals surface area contributed by atoms with E-state index in [4.69, 9.17) is 4.74 Å². The molecule has 2 heterocycles. The van der Waals surface area contributed by atoms with Crippen LogP contribution in [0.3, 0.4) is 0 Å². The lowest BCUT2D eigenvalue weighted by molar-refractivity contribution is 0.165. The summed E-state index contributed by atoms with van der Waals surface area (Å²) in [5.41, 5.74) is 4.64. The van der Waals surface area contributed by atoms with Crippen LogP contribution in [-0.4, -0.2) is 57.1 Å². The summed E-state index contributed by atoms with van der Waals surface area (Å²) in [6.07, 6.45) is 0. The molecule has 0 aliphatic carbocycles. The van der Waals surface area contributed by atoms with Crippen LogP contribution in [0.1, 0.15) is 16.7 Å². The second-order valence-electron chi connectivity index (χ2n) is 7.53. The van der Waals surface area contributed by atoms with E-state index in [1.54, 1.807) is 35.5 Å². The molecule has 2 aromatic heterocycles. The Morgan fingerprint density at radius 2 is 1.83 bits per heavy atom. The van der Waals surface area contributed by atoms with Crippen molar-refractivity contribution in [2.45, 2.75) is 20.0 Å². The van der Waals surface area contributed by atoms with E-state index < -0.39 is 0 Å². The first-order chi connectivity index (χ1) is 14.5. The minimum Gasteiger partial charge on any atom is -0.497 e. The number of carbonyl (C=O) groups excluding carboxylic acids is 1. The van der Waals surface area contributed by atoms with Gasteiger partial charge in [-0.15, -0.1) is 5.10 Å². The first-order valence-corrected chi connectivity index (χ1v) is 9.66. The van der Waals surface area contributed by atoms with Crippen LogP contribution in [-0.2, 0) is 13.1 Å². The molecule has 4 rings (SSSR count). The Labute approximate surface area is 174 Å². The molecule has 0 N–H and O–H groups in total. The lowest BCUT2D eigenvalue weighted by Crippen LogP contribution is -2.38. The summed E-state index contributed by atoms with van der Waals surface area (Å²) >= 11 is 0. The number of rotatable bonds is 5. The standard InChI is InChI=1S/C22H24N6O2/c1-15-5-10-20-17(11-15)12-18(21-23-24-25-28(20)21)14-27(22(29)26(2)3)13-16-6-8-19(30-4)9-7-16/h5-12H,13-14H2,1-4H3. The Bertz CT molecular complexity index is 1200. The summed E-state index contributed by atoms with van der Waals surface area (Å²) in [4.78, 5) is 16.3. The predicted octanol–water partition coefficient (Wildman–Crippen LogP) is 3.28. The van der Waals surface area contributed by atoms with E-state index in [1.807, 2.05) is 36.4 Å². The van der Waals surface area contributed by atoms with Crippen LogP contribution in [0.25, 0.3) is 16.6 Å². The summed E-state index contributed by atoms with van der Waals surface area (Å²) in [6, 6.07) is 15.9. The fourth-order valence-corrected chi connectivity index (χ4v) is 3.53. The van der Waals surface area contributed by atoms with Crippen LogP contribution < -0.4 is 4.74 Å². The van der Waals surface area contributed by atoms with Crippen LogP contribution >= 0.6 is 0 Å². The van der Waals surface area contributed by atoms with Crippen molar-refractivity contribution in [3.8, 4) is 5.75 Å². The van der Waals surface area contributed by atoms with E-state index in [2.05, 4.69) is 34.6 Å². The molecule has 0 fully saturated rings. The Kier molecular flexibility index (Phi) is 5.22. The molecule has 8 heteroatoms. The third-order valence-electron chi connectivity index (χ3n) is 5.04. The summed E-state index contributed by atoms with van der Waals surface area (Å²) < 4.78 is 6.96. The van der Waals surface area contributed by atoms with Crippen LogP contribution in [0, 0.1) is 6.92 Å². The van der Waals surface area contributed by atoms with Crippen molar-refractivity contribution in [1.82, 2.24) is 29.8 Å². The molecule has 2 aromatic carbocycles. The maximum absolute atomic E-state index is 12.9. The Balaban J connectivity index is 1.73. The van der Waals surface area contributed by atoms with Crippen molar-refractivity contribution >= 4 is 22.6 Å². The van der Waals surface area contributed by atoms with Crippen LogP contribution in [0.5, 0.6) is 5.75 Å². The number of methoxy groups -OCH3 is 1. The van der Waals surface area contributed by atoms with Gasteiger partial charge in [0, 0.05) is 31.6 Å². The normalized spacial score (nSPS) is 11.1. The summed E-state index contributed by atoms with van der Waals surface area (Å²) in [5, 5.41) is 13.3. The molecule has 4 aromatic rings. The average Bonchev–Trinajstić information content (AvgIpc) is 3.23. The van der Waals surface area contributed by atoms with Gasteiger partial charge in [0.2, 0.25) is 0 Å². The number of tetrazole rings is 1. The highest BCUT2D eigenvalue weighted by Crippen LogP contribution is 2.23. The van der Waals surface area contributed by atoms with Gasteiger partial charge in [0.1, 0.15) is 5.75 Å². The molecule has 2 amide bonds. The molecule has 8 nitrogen and oxygen atoms in total. The number of ether oxygens (including phenoxy) is 1. The number of nitrogens with zero attached hydrogens (tertiary/aromatic N) is 6. The Morgan fingerprint density at radius 1 is 1.07 bits per heavy atom. The number of amides is 2. The van der Waals surface area contributed by atoms with Gasteiger partial charge in [-0.05, 0) is 53.2 Å². The summed E-state index contributed by atoms with van der Waals surface area (Å²) in [6.45, 7) is 2.89. The second kappa shape index (κ2) is 7.98. The number of aryl methyl sites for hydroxylation is 1. The molecule has 0 saturated heterocycles. The quantitative estimate of drug-likeness (QED) is 0.510. The van der Waals surface area contributed by atoms with Crippen LogP contribution in [0.2, 0.25) is 0 Å². The molecule has 0 atom stereocenters. The van der Waals surface area contributed by atoms with E-state index in [0.717, 1.165) is 33.3 Å². The largest absolute Gasteiger partial charge is 0.497 e. The van der Waals surface area contributed by atoms with Crippen molar-refractivity contribution in [1.29, 1.82) is 0 Å². The molecule has 0 saturated carbocycles. The van der Waals surface area contributed by atoms with Crippen molar-refractivity contribution in [2.24, 2.45) is 0 Å². The molecule has 0 bridgehead atoms. The molecule has 0 spiro atoms. The lowest BCUT2D eigenvalue weighted by atomic mass is 10.1. The number of carbonyl (C=O) groups is 1. The molecule has 0 aliphatic heterocycles. The summed E-state index contributed by atoms with van der Waals surface area (Å²) in [7, 11) is 5.14. The number of benzene rings is 2. The van der Waals surface area contributed by atoms with Crippen LogP contribution in [0.15, 0.2) is 48.5 Å². The number of pyridine rings is 1. The third kappa shape index (κ3) is 3.76. The van der Waals surface area contributed by atoms with Gasteiger partial charge in [-0.1, -0.05) is 23.8 Å². The van der Waals surface area contributed by atoms with E-state index >= 15 is 0 Å². The second-order valence-corrected chi connectivity index (χ2v) is 7.53. The average molecular weight is 404 g/mol. The zero-order valence-electron chi connectivity index (χ0n) is 17.5. The Hall–Kier alpha value is -3.68. The van der Waals surface area contributed by atoms with E-state index in [9.17, 15) is 4.79 Å². The zero-order chi connectivity index (χ0) is 21.3. The van der Waals surface area contributed by atoms with Crippen molar-refractivity contribution in [3.05, 3.63) is 65.2 Å². The Morgan fingerprint density at radius 3 is 2.53 bits per heavy atom. The number of fused-ring (bicyclic) bond motifs is 3. The predicted molar refractivity (Wildman–Crippen MR) is 114 cm³/mol. The van der Waals surface area contributed by atoms with Gasteiger partial charge in [-0.25, -0.2) is 4.79 Å². The topological polar surface area (TPSA) is 75.9 Å². The van der Waals surface area contributed by atoms with E-state index in [1.165, 1.54) is 0 Å². The maximum atomic E-state index is 12.9. The molecule has 0 unspecified atom stereocenters. The van der Waals surface area contributed by atoms with Gasteiger partial charge in [0.15, 0.2) is 5.65 Å². The molecule has 154 valence electrons. The molecule has 30 heavy (non-hydrogen) atoms. The number of hydrogen-bond acceptors (Lipinski definition) is 5. The first-order valence-electron chi connectivity index (χ1n) is 9.66. The highest BCUT2D eigenvalue weighted by molar-refractivity contribution is 5.84.